The summed E-state index contributed by atoms with van der Waals surface area (Å²) in [5.74, 6) is 2.15. The molecule has 4 aromatic rings. The molecule has 0 unspecified atom stereocenters. The Balaban J connectivity index is 1.23. The minimum absolute atomic E-state index is 0.151. The van der Waals surface area contributed by atoms with Crippen LogP contribution < -0.4 is 14.8 Å². The molecule has 2 aromatic heterocycles. The number of nitrogens with one attached hydrogen (secondary N) is 1. The number of anilines is 1. The zero-order valence-corrected chi connectivity index (χ0v) is 17.7. The molecule has 0 saturated carbocycles. The van der Waals surface area contributed by atoms with Gasteiger partial charge in [0, 0.05) is 17.4 Å². The summed E-state index contributed by atoms with van der Waals surface area (Å²) in [5, 5.41) is 15.2. The Morgan fingerprint density at radius 2 is 1.87 bits per heavy atom. The summed E-state index contributed by atoms with van der Waals surface area (Å²) in [6.45, 7) is 1.02. The average Bonchev–Trinajstić information content (AvgIpc) is 3.48. The summed E-state index contributed by atoms with van der Waals surface area (Å²) in [4.78, 5) is 12.5. The van der Waals surface area contributed by atoms with Crippen LogP contribution in [0.3, 0.4) is 0 Å². The maximum atomic E-state index is 12.5. The topological polar surface area (TPSA) is 99.4 Å². The fourth-order valence-corrected chi connectivity index (χ4v) is 4.62. The third-order valence-electron chi connectivity index (χ3n) is 4.40. The number of aromatic nitrogens is 3. The number of rotatable bonds is 6. The molecule has 2 aromatic carbocycles. The highest BCUT2D eigenvalue weighted by Gasteiger charge is 2.18. The van der Waals surface area contributed by atoms with Crippen molar-refractivity contribution in [2.45, 2.75) is 10.1 Å². The first kappa shape index (κ1) is 19.6. The van der Waals surface area contributed by atoms with E-state index in [1.54, 1.807) is 23.9 Å². The van der Waals surface area contributed by atoms with E-state index in [1.807, 2.05) is 30.3 Å². The molecule has 0 atom stereocenters. The van der Waals surface area contributed by atoms with Crippen molar-refractivity contribution in [1.29, 1.82) is 0 Å². The van der Waals surface area contributed by atoms with Gasteiger partial charge in [-0.05, 0) is 23.8 Å². The third kappa shape index (κ3) is 4.54. The fraction of sp³-hybridized carbons (Fsp3) is 0.143. The lowest BCUT2D eigenvalue weighted by Crippen LogP contribution is -2.15. The van der Waals surface area contributed by atoms with Crippen LogP contribution in [0.25, 0.3) is 11.3 Å². The van der Waals surface area contributed by atoms with Gasteiger partial charge in [0.2, 0.25) is 5.13 Å². The zero-order valence-electron chi connectivity index (χ0n) is 16.1. The molecular formula is C21H16N4O4S2. The number of carbonyl (C=O) groups is 1. The molecule has 0 saturated heterocycles. The molecule has 1 amide bonds. The molecule has 0 bridgehead atoms. The van der Waals surface area contributed by atoms with E-state index in [1.165, 1.54) is 16.9 Å². The number of nitrogens with zero attached hydrogens (tertiary/aromatic N) is 3. The number of amides is 1. The van der Waals surface area contributed by atoms with Gasteiger partial charge in [0.05, 0.1) is 0 Å². The van der Waals surface area contributed by atoms with Crippen molar-refractivity contribution in [2.75, 3.05) is 18.5 Å². The number of hydrogen-bond acceptors (Lipinski definition) is 9. The zero-order chi connectivity index (χ0) is 21.0. The Morgan fingerprint density at radius 1 is 1.03 bits per heavy atom. The van der Waals surface area contributed by atoms with Gasteiger partial charge >= 0.3 is 0 Å². The normalized spacial score (nSPS) is 12.5. The Hall–Kier alpha value is -3.37. The van der Waals surface area contributed by atoms with Crippen molar-refractivity contribution in [1.82, 2.24) is 15.4 Å². The Kier molecular flexibility index (Phi) is 5.55. The molecule has 1 aliphatic heterocycles. The van der Waals surface area contributed by atoms with Gasteiger partial charge in [-0.15, -0.1) is 10.2 Å². The molecule has 0 aliphatic carbocycles. The van der Waals surface area contributed by atoms with Gasteiger partial charge < -0.3 is 14.0 Å². The third-order valence-corrected chi connectivity index (χ3v) is 6.44. The summed E-state index contributed by atoms with van der Waals surface area (Å²) in [5.41, 5.74) is 2.09. The number of ether oxygens (including phenoxy) is 2. The van der Waals surface area contributed by atoms with E-state index >= 15 is 0 Å². The van der Waals surface area contributed by atoms with Gasteiger partial charge in [-0.1, -0.05) is 58.6 Å². The van der Waals surface area contributed by atoms with Crippen LogP contribution in [-0.4, -0.2) is 34.5 Å². The number of carbonyl (C=O) groups excluding carboxylic acids is 1. The lowest BCUT2D eigenvalue weighted by atomic mass is 10.1. The smallest absolute Gasteiger partial charge is 0.279 e. The van der Waals surface area contributed by atoms with E-state index < -0.39 is 5.91 Å². The lowest BCUT2D eigenvalue weighted by molar-refractivity contribution is 0.101. The summed E-state index contributed by atoms with van der Waals surface area (Å²) in [7, 11) is 0. The van der Waals surface area contributed by atoms with Gasteiger partial charge in [0.15, 0.2) is 27.3 Å². The molecule has 3 heterocycles. The van der Waals surface area contributed by atoms with Gasteiger partial charge in [0.1, 0.15) is 13.2 Å². The highest BCUT2D eigenvalue weighted by atomic mass is 32.2. The van der Waals surface area contributed by atoms with Gasteiger partial charge in [-0.3, -0.25) is 10.1 Å². The molecule has 10 heteroatoms. The standard InChI is InChI=1S/C21H16N4O4S2/c26-19(22-20-23-24-21(31-20)30-12-13-4-2-1-3-5-13)15-11-17(29-25-15)14-6-7-16-18(10-14)28-9-8-27-16/h1-7,10-11H,8-9,12H2,(H,22,23,26). The first-order valence-corrected chi connectivity index (χ1v) is 11.2. The number of thioether (sulfide) groups is 1. The number of fused-ring (bicyclic) bond motifs is 1. The van der Waals surface area contributed by atoms with Crippen LogP contribution in [-0.2, 0) is 5.75 Å². The minimum Gasteiger partial charge on any atom is -0.486 e. The molecule has 5 rings (SSSR count). The predicted octanol–water partition coefficient (Wildman–Crippen LogP) is 4.51. The second-order valence-electron chi connectivity index (χ2n) is 6.54. The van der Waals surface area contributed by atoms with E-state index in [9.17, 15) is 4.79 Å². The van der Waals surface area contributed by atoms with E-state index in [-0.39, 0.29) is 5.69 Å². The average molecular weight is 453 g/mol. The van der Waals surface area contributed by atoms with E-state index in [2.05, 4.69) is 32.8 Å². The van der Waals surface area contributed by atoms with Gasteiger partial charge in [0.25, 0.3) is 5.91 Å². The van der Waals surface area contributed by atoms with Crippen molar-refractivity contribution in [3.8, 4) is 22.8 Å². The second kappa shape index (κ2) is 8.78. The second-order valence-corrected chi connectivity index (χ2v) is 8.74. The van der Waals surface area contributed by atoms with E-state index in [4.69, 9.17) is 14.0 Å². The molecular weight excluding hydrogens is 436 g/mol. The highest BCUT2D eigenvalue weighted by Crippen LogP contribution is 2.35. The fourth-order valence-electron chi connectivity index (χ4n) is 2.91. The van der Waals surface area contributed by atoms with Crippen LogP contribution in [0.15, 0.2) is 63.5 Å². The Morgan fingerprint density at radius 3 is 2.74 bits per heavy atom. The highest BCUT2D eigenvalue weighted by molar-refractivity contribution is 8.00. The van der Waals surface area contributed by atoms with Crippen LogP contribution in [0.2, 0.25) is 0 Å². The van der Waals surface area contributed by atoms with Crippen LogP contribution in [0, 0.1) is 0 Å². The summed E-state index contributed by atoms with van der Waals surface area (Å²) in [6, 6.07) is 17.1. The first-order valence-electron chi connectivity index (χ1n) is 9.43. The van der Waals surface area contributed by atoms with Crippen molar-refractivity contribution >= 4 is 34.1 Å². The largest absolute Gasteiger partial charge is 0.486 e. The van der Waals surface area contributed by atoms with Crippen LogP contribution in [0.1, 0.15) is 16.1 Å². The monoisotopic (exact) mass is 452 g/mol. The molecule has 1 aliphatic rings. The Labute approximate surface area is 185 Å². The predicted molar refractivity (Wildman–Crippen MR) is 117 cm³/mol. The molecule has 31 heavy (non-hydrogen) atoms. The summed E-state index contributed by atoms with van der Waals surface area (Å²) in [6.07, 6.45) is 0. The quantitative estimate of drug-likeness (QED) is 0.337. The Bertz CT molecular complexity index is 1210. The van der Waals surface area contributed by atoms with E-state index in [0.29, 0.717) is 35.6 Å². The molecule has 1 N–H and O–H groups in total. The van der Waals surface area contributed by atoms with Gasteiger partial charge in [-0.2, -0.15) is 0 Å². The molecule has 0 spiro atoms. The van der Waals surface area contributed by atoms with Crippen molar-refractivity contribution < 1.29 is 18.8 Å². The van der Waals surface area contributed by atoms with Crippen molar-refractivity contribution in [3.05, 3.63) is 65.9 Å². The number of hydrogen-bond donors (Lipinski definition) is 1. The van der Waals surface area contributed by atoms with Crippen LogP contribution in [0.4, 0.5) is 5.13 Å². The van der Waals surface area contributed by atoms with Gasteiger partial charge in [-0.25, -0.2) is 0 Å². The number of benzene rings is 2. The van der Waals surface area contributed by atoms with Crippen molar-refractivity contribution in [2.24, 2.45) is 0 Å². The molecule has 156 valence electrons. The van der Waals surface area contributed by atoms with Crippen LogP contribution >= 0.6 is 23.1 Å². The summed E-state index contributed by atoms with van der Waals surface area (Å²) >= 11 is 2.88. The SMILES string of the molecule is O=C(Nc1nnc(SCc2ccccc2)s1)c1cc(-c2ccc3c(c2)OCCO3)on1. The summed E-state index contributed by atoms with van der Waals surface area (Å²) < 4.78 is 17.2. The minimum atomic E-state index is -0.414. The molecule has 0 fully saturated rings. The molecule has 8 nitrogen and oxygen atoms in total. The lowest BCUT2D eigenvalue weighted by Gasteiger charge is -2.18. The first-order chi connectivity index (χ1) is 15.2. The van der Waals surface area contributed by atoms with Crippen molar-refractivity contribution in [3.63, 3.8) is 0 Å². The maximum absolute atomic E-state index is 12.5. The molecule has 0 radical (unpaired) electrons. The van der Waals surface area contributed by atoms with E-state index in [0.717, 1.165) is 15.7 Å². The van der Waals surface area contributed by atoms with Crippen LogP contribution in [0.5, 0.6) is 11.5 Å². The maximum Gasteiger partial charge on any atom is 0.279 e.